The van der Waals surface area contributed by atoms with E-state index in [2.05, 4.69) is 37.4 Å². The molecule has 2 rings (SSSR count). The highest BCUT2D eigenvalue weighted by Gasteiger charge is 2.37. The Labute approximate surface area is 104 Å². The summed E-state index contributed by atoms with van der Waals surface area (Å²) in [5.41, 5.74) is 2.14. The SMILES string of the molecule is CC(C)CNCC1CC1c1ccc(C#N)cc1. The lowest BCUT2D eigenvalue weighted by Gasteiger charge is -2.06. The summed E-state index contributed by atoms with van der Waals surface area (Å²) >= 11 is 0. The summed E-state index contributed by atoms with van der Waals surface area (Å²) in [6.45, 7) is 6.70. The highest BCUT2D eigenvalue weighted by Crippen LogP contribution is 2.46. The van der Waals surface area contributed by atoms with E-state index in [1.807, 2.05) is 12.1 Å². The van der Waals surface area contributed by atoms with Crippen LogP contribution in [-0.2, 0) is 0 Å². The highest BCUT2D eigenvalue weighted by molar-refractivity contribution is 5.35. The van der Waals surface area contributed by atoms with Crippen molar-refractivity contribution in [2.45, 2.75) is 26.2 Å². The predicted molar refractivity (Wildman–Crippen MR) is 69.7 cm³/mol. The Kier molecular flexibility index (Phi) is 3.81. The molecular weight excluding hydrogens is 208 g/mol. The Morgan fingerprint density at radius 3 is 2.65 bits per heavy atom. The van der Waals surface area contributed by atoms with Crippen LogP contribution in [0.15, 0.2) is 24.3 Å². The number of rotatable bonds is 5. The summed E-state index contributed by atoms with van der Waals surface area (Å²) in [6.07, 6.45) is 1.29. The molecule has 0 aromatic heterocycles. The number of nitriles is 1. The molecule has 17 heavy (non-hydrogen) atoms. The van der Waals surface area contributed by atoms with Crippen LogP contribution in [0.4, 0.5) is 0 Å². The summed E-state index contributed by atoms with van der Waals surface area (Å²) in [7, 11) is 0. The van der Waals surface area contributed by atoms with E-state index in [0.717, 1.165) is 30.5 Å². The lowest BCUT2D eigenvalue weighted by molar-refractivity contribution is 0.532. The third-order valence-corrected chi connectivity index (χ3v) is 3.35. The van der Waals surface area contributed by atoms with Crippen LogP contribution in [0.2, 0.25) is 0 Å². The summed E-state index contributed by atoms with van der Waals surface area (Å²) in [4.78, 5) is 0. The van der Waals surface area contributed by atoms with Gasteiger partial charge >= 0.3 is 0 Å². The van der Waals surface area contributed by atoms with Crippen molar-refractivity contribution in [1.29, 1.82) is 5.26 Å². The molecule has 2 nitrogen and oxygen atoms in total. The fraction of sp³-hybridized carbons (Fsp3) is 0.533. The molecule has 0 spiro atoms. The van der Waals surface area contributed by atoms with Crippen LogP contribution in [-0.4, -0.2) is 13.1 Å². The van der Waals surface area contributed by atoms with E-state index in [1.54, 1.807) is 0 Å². The maximum absolute atomic E-state index is 8.74. The Balaban J connectivity index is 1.80. The first-order valence-corrected chi connectivity index (χ1v) is 6.41. The number of hydrogen-bond acceptors (Lipinski definition) is 2. The van der Waals surface area contributed by atoms with E-state index in [9.17, 15) is 0 Å². The van der Waals surface area contributed by atoms with Gasteiger partial charge in [0.15, 0.2) is 0 Å². The molecule has 2 unspecified atom stereocenters. The van der Waals surface area contributed by atoms with Crippen molar-refractivity contribution in [1.82, 2.24) is 5.32 Å². The zero-order chi connectivity index (χ0) is 12.3. The number of nitrogens with zero attached hydrogens (tertiary/aromatic N) is 1. The second-order valence-corrected chi connectivity index (χ2v) is 5.39. The molecule has 90 valence electrons. The summed E-state index contributed by atoms with van der Waals surface area (Å²) in [6, 6.07) is 10.2. The molecule has 1 fully saturated rings. The van der Waals surface area contributed by atoms with Crippen molar-refractivity contribution < 1.29 is 0 Å². The van der Waals surface area contributed by atoms with E-state index in [1.165, 1.54) is 12.0 Å². The van der Waals surface area contributed by atoms with E-state index in [0.29, 0.717) is 5.92 Å². The molecule has 1 aromatic rings. The van der Waals surface area contributed by atoms with Gasteiger partial charge in [-0.2, -0.15) is 5.26 Å². The highest BCUT2D eigenvalue weighted by atomic mass is 14.9. The third-order valence-electron chi connectivity index (χ3n) is 3.35. The minimum atomic E-state index is 0.711. The van der Waals surface area contributed by atoms with Crippen LogP contribution in [0.5, 0.6) is 0 Å². The maximum Gasteiger partial charge on any atom is 0.0991 e. The summed E-state index contributed by atoms with van der Waals surface area (Å²) in [5.74, 6) is 2.23. The molecule has 2 atom stereocenters. The van der Waals surface area contributed by atoms with E-state index < -0.39 is 0 Å². The van der Waals surface area contributed by atoms with Gasteiger partial charge in [0, 0.05) is 0 Å². The Bertz CT molecular complexity index is 400. The van der Waals surface area contributed by atoms with Gasteiger partial charge in [0.25, 0.3) is 0 Å². The first-order chi connectivity index (χ1) is 8.20. The van der Waals surface area contributed by atoms with Gasteiger partial charge in [-0.25, -0.2) is 0 Å². The molecule has 2 heteroatoms. The third kappa shape index (κ3) is 3.31. The van der Waals surface area contributed by atoms with Crippen LogP contribution < -0.4 is 5.32 Å². The van der Waals surface area contributed by atoms with Gasteiger partial charge in [-0.05, 0) is 55.0 Å². The van der Waals surface area contributed by atoms with Gasteiger partial charge in [-0.3, -0.25) is 0 Å². The van der Waals surface area contributed by atoms with E-state index in [-0.39, 0.29) is 0 Å². The van der Waals surface area contributed by atoms with Crippen LogP contribution >= 0.6 is 0 Å². The predicted octanol–water partition coefficient (Wildman–Crippen LogP) is 2.91. The molecule has 1 N–H and O–H groups in total. The van der Waals surface area contributed by atoms with Gasteiger partial charge in [0.05, 0.1) is 11.6 Å². The largest absolute Gasteiger partial charge is 0.316 e. The van der Waals surface area contributed by atoms with Crippen molar-refractivity contribution in [2.24, 2.45) is 11.8 Å². The van der Waals surface area contributed by atoms with Crippen LogP contribution in [0.3, 0.4) is 0 Å². The zero-order valence-electron chi connectivity index (χ0n) is 10.6. The topological polar surface area (TPSA) is 35.8 Å². The Hall–Kier alpha value is -1.33. The van der Waals surface area contributed by atoms with Gasteiger partial charge in [-0.15, -0.1) is 0 Å². The van der Waals surface area contributed by atoms with Gasteiger partial charge in [0.1, 0.15) is 0 Å². The summed E-state index contributed by atoms with van der Waals surface area (Å²) < 4.78 is 0. The molecule has 1 saturated carbocycles. The number of nitrogens with one attached hydrogen (secondary N) is 1. The lowest BCUT2D eigenvalue weighted by atomic mass is 10.1. The van der Waals surface area contributed by atoms with Crippen molar-refractivity contribution in [2.75, 3.05) is 13.1 Å². The molecule has 0 bridgehead atoms. The monoisotopic (exact) mass is 228 g/mol. The minimum absolute atomic E-state index is 0.711. The smallest absolute Gasteiger partial charge is 0.0991 e. The van der Waals surface area contributed by atoms with Gasteiger partial charge < -0.3 is 5.32 Å². The van der Waals surface area contributed by atoms with Crippen molar-refractivity contribution >= 4 is 0 Å². The average Bonchev–Trinajstić information content (AvgIpc) is 3.08. The van der Waals surface area contributed by atoms with E-state index >= 15 is 0 Å². The molecular formula is C15H20N2. The molecule has 0 aliphatic heterocycles. The quantitative estimate of drug-likeness (QED) is 0.841. The molecule has 0 amide bonds. The molecule has 1 aliphatic carbocycles. The van der Waals surface area contributed by atoms with Crippen LogP contribution in [0.25, 0.3) is 0 Å². The second-order valence-electron chi connectivity index (χ2n) is 5.39. The zero-order valence-corrected chi connectivity index (χ0v) is 10.6. The van der Waals surface area contributed by atoms with Crippen LogP contribution in [0.1, 0.15) is 37.3 Å². The average molecular weight is 228 g/mol. The van der Waals surface area contributed by atoms with Crippen molar-refractivity contribution in [3.63, 3.8) is 0 Å². The lowest BCUT2D eigenvalue weighted by Crippen LogP contribution is -2.22. The maximum atomic E-state index is 8.74. The summed E-state index contributed by atoms with van der Waals surface area (Å²) in [5, 5.41) is 12.3. The standard InChI is InChI=1S/C15H20N2/c1-11(2)9-17-10-14-7-15(14)13-5-3-12(8-16)4-6-13/h3-6,11,14-15,17H,7,9-10H2,1-2H3. The Morgan fingerprint density at radius 2 is 2.06 bits per heavy atom. The normalized spacial score (nSPS) is 22.5. The molecule has 1 aromatic carbocycles. The van der Waals surface area contributed by atoms with Crippen molar-refractivity contribution in [3.05, 3.63) is 35.4 Å². The van der Waals surface area contributed by atoms with E-state index in [4.69, 9.17) is 5.26 Å². The number of benzene rings is 1. The first-order valence-electron chi connectivity index (χ1n) is 6.41. The second kappa shape index (κ2) is 5.33. The minimum Gasteiger partial charge on any atom is -0.316 e. The van der Waals surface area contributed by atoms with Crippen molar-refractivity contribution in [3.8, 4) is 6.07 Å². The fourth-order valence-corrected chi connectivity index (χ4v) is 2.24. The number of hydrogen-bond donors (Lipinski definition) is 1. The van der Waals surface area contributed by atoms with Gasteiger partial charge in [-0.1, -0.05) is 26.0 Å². The molecule has 0 heterocycles. The van der Waals surface area contributed by atoms with Crippen LogP contribution in [0, 0.1) is 23.2 Å². The first kappa shape index (κ1) is 12.1. The molecule has 0 radical (unpaired) electrons. The molecule has 0 saturated heterocycles. The molecule has 1 aliphatic rings. The van der Waals surface area contributed by atoms with Gasteiger partial charge in [0.2, 0.25) is 0 Å². The fourth-order valence-electron chi connectivity index (χ4n) is 2.24. The Morgan fingerprint density at radius 1 is 1.35 bits per heavy atom.